The first-order chi connectivity index (χ1) is 16.5. The van der Waals surface area contributed by atoms with Crippen LogP contribution < -0.4 is 5.32 Å². The standard InChI is InChI=1S/C27H30N4OS2/c1-19(2)23-13-7-9-20(3)26(23)28-25(32)18-34-27-30-29-24(17-22-12-8-16-33-22)31(27)15-14-21-10-5-4-6-11-21/h4-13,16,19H,14-15,17-18H2,1-3H3,(H,28,32). The number of para-hydroxylation sites is 1. The van der Waals surface area contributed by atoms with Crippen LogP contribution in [0.5, 0.6) is 0 Å². The zero-order valence-electron chi connectivity index (χ0n) is 19.8. The summed E-state index contributed by atoms with van der Waals surface area (Å²) >= 11 is 3.17. The van der Waals surface area contributed by atoms with Gasteiger partial charge in [0.05, 0.1) is 5.75 Å². The molecule has 0 atom stereocenters. The number of amides is 1. The van der Waals surface area contributed by atoms with Gasteiger partial charge in [0.25, 0.3) is 0 Å². The predicted molar refractivity (Wildman–Crippen MR) is 142 cm³/mol. The van der Waals surface area contributed by atoms with Crippen molar-refractivity contribution in [3.63, 3.8) is 0 Å². The molecule has 0 fully saturated rings. The quantitative estimate of drug-likeness (QED) is 0.264. The van der Waals surface area contributed by atoms with E-state index in [0.29, 0.717) is 5.92 Å². The highest BCUT2D eigenvalue weighted by atomic mass is 32.2. The van der Waals surface area contributed by atoms with E-state index in [1.807, 2.05) is 25.1 Å². The van der Waals surface area contributed by atoms with Crippen LogP contribution in [0.25, 0.3) is 0 Å². The summed E-state index contributed by atoms with van der Waals surface area (Å²) in [5.74, 6) is 1.53. The Morgan fingerprint density at radius 3 is 2.62 bits per heavy atom. The molecule has 4 rings (SSSR count). The zero-order valence-corrected chi connectivity index (χ0v) is 21.5. The van der Waals surface area contributed by atoms with Gasteiger partial charge in [-0.15, -0.1) is 21.5 Å². The third kappa shape index (κ3) is 6.15. The van der Waals surface area contributed by atoms with E-state index in [4.69, 9.17) is 0 Å². The fourth-order valence-corrected chi connectivity index (χ4v) is 5.37. The molecular weight excluding hydrogens is 460 g/mol. The maximum atomic E-state index is 12.9. The molecule has 2 heterocycles. The third-order valence-corrected chi connectivity index (χ3v) is 7.54. The number of benzene rings is 2. The van der Waals surface area contributed by atoms with Gasteiger partial charge in [0, 0.05) is 23.5 Å². The minimum atomic E-state index is -0.0291. The molecule has 0 aliphatic carbocycles. The van der Waals surface area contributed by atoms with Crippen molar-refractivity contribution < 1.29 is 4.79 Å². The lowest BCUT2D eigenvalue weighted by Gasteiger charge is -2.16. The van der Waals surface area contributed by atoms with E-state index < -0.39 is 0 Å². The van der Waals surface area contributed by atoms with Gasteiger partial charge < -0.3 is 9.88 Å². The highest BCUT2D eigenvalue weighted by Gasteiger charge is 2.17. The second-order valence-electron chi connectivity index (χ2n) is 8.57. The summed E-state index contributed by atoms with van der Waals surface area (Å²) < 4.78 is 2.16. The Kier molecular flexibility index (Phi) is 8.19. The number of carbonyl (C=O) groups is 1. The molecule has 0 saturated heterocycles. The maximum Gasteiger partial charge on any atom is 0.234 e. The van der Waals surface area contributed by atoms with Crippen molar-refractivity contribution in [1.29, 1.82) is 0 Å². The van der Waals surface area contributed by atoms with E-state index >= 15 is 0 Å². The van der Waals surface area contributed by atoms with Gasteiger partial charge >= 0.3 is 0 Å². The predicted octanol–water partition coefficient (Wildman–Crippen LogP) is 6.34. The molecule has 0 unspecified atom stereocenters. The van der Waals surface area contributed by atoms with E-state index in [1.165, 1.54) is 22.2 Å². The highest BCUT2D eigenvalue weighted by molar-refractivity contribution is 7.99. The van der Waals surface area contributed by atoms with Gasteiger partial charge in [-0.2, -0.15) is 0 Å². The molecule has 1 amide bonds. The molecule has 1 N–H and O–H groups in total. The monoisotopic (exact) mass is 490 g/mol. The minimum absolute atomic E-state index is 0.0291. The van der Waals surface area contributed by atoms with Crippen LogP contribution in [0.1, 0.15) is 47.2 Å². The second-order valence-corrected chi connectivity index (χ2v) is 10.5. The van der Waals surface area contributed by atoms with Crippen molar-refractivity contribution in [2.45, 2.75) is 51.2 Å². The van der Waals surface area contributed by atoms with Crippen molar-refractivity contribution in [1.82, 2.24) is 14.8 Å². The molecule has 0 spiro atoms. The van der Waals surface area contributed by atoms with Gasteiger partial charge in [-0.25, -0.2) is 0 Å². The smallest absolute Gasteiger partial charge is 0.234 e. The van der Waals surface area contributed by atoms with Gasteiger partial charge in [-0.1, -0.05) is 80.2 Å². The lowest BCUT2D eigenvalue weighted by molar-refractivity contribution is -0.113. The number of aryl methyl sites for hydroxylation is 2. The van der Waals surface area contributed by atoms with E-state index in [0.717, 1.165) is 47.2 Å². The summed E-state index contributed by atoms with van der Waals surface area (Å²) in [5.41, 5.74) is 4.43. The van der Waals surface area contributed by atoms with Crippen molar-refractivity contribution in [2.75, 3.05) is 11.1 Å². The van der Waals surface area contributed by atoms with Crippen LogP contribution in [0.15, 0.2) is 71.2 Å². The Bertz CT molecular complexity index is 1220. The first-order valence-corrected chi connectivity index (χ1v) is 13.4. The molecule has 5 nitrogen and oxygen atoms in total. The summed E-state index contributed by atoms with van der Waals surface area (Å²) in [7, 11) is 0. The first-order valence-electron chi connectivity index (χ1n) is 11.5. The summed E-state index contributed by atoms with van der Waals surface area (Å²) in [5, 5.41) is 14.9. The van der Waals surface area contributed by atoms with Crippen molar-refractivity contribution in [2.24, 2.45) is 0 Å². The molecule has 2 aromatic carbocycles. The Labute approximate surface area is 209 Å². The lowest BCUT2D eigenvalue weighted by Crippen LogP contribution is -2.17. The molecule has 0 radical (unpaired) electrons. The number of thioether (sulfide) groups is 1. The van der Waals surface area contributed by atoms with E-state index in [-0.39, 0.29) is 11.7 Å². The molecule has 176 valence electrons. The Hall–Kier alpha value is -2.90. The maximum absolute atomic E-state index is 12.9. The molecule has 0 aliphatic heterocycles. The summed E-state index contributed by atoms with van der Waals surface area (Å²) in [6.07, 6.45) is 1.63. The first kappa shape index (κ1) is 24.2. The van der Waals surface area contributed by atoms with Crippen LogP contribution in [-0.4, -0.2) is 26.4 Å². The average Bonchev–Trinajstić information content (AvgIpc) is 3.48. The van der Waals surface area contributed by atoms with Gasteiger partial charge in [-0.05, 0) is 47.4 Å². The summed E-state index contributed by atoms with van der Waals surface area (Å²) in [6.45, 7) is 7.09. The molecular formula is C27H30N4OS2. The zero-order chi connectivity index (χ0) is 23.9. The van der Waals surface area contributed by atoms with Gasteiger partial charge in [0.1, 0.15) is 5.82 Å². The number of nitrogens with zero attached hydrogens (tertiary/aromatic N) is 3. The number of hydrogen-bond donors (Lipinski definition) is 1. The Morgan fingerprint density at radius 1 is 1.06 bits per heavy atom. The fourth-order valence-electron chi connectivity index (χ4n) is 3.88. The number of anilines is 1. The number of thiophene rings is 1. The lowest BCUT2D eigenvalue weighted by atomic mass is 9.98. The van der Waals surface area contributed by atoms with Crippen molar-refractivity contribution >= 4 is 34.7 Å². The molecule has 2 aromatic heterocycles. The third-order valence-electron chi connectivity index (χ3n) is 5.70. The van der Waals surface area contributed by atoms with Crippen LogP contribution in [0, 0.1) is 6.92 Å². The van der Waals surface area contributed by atoms with E-state index in [2.05, 4.69) is 81.8 Å². The normalized spacial score (nSPS) is 11.2. The topological polar surface area (TPSA) is 59.8 Å². The van der Waals surface area contributed by atoms with Gasteiger partial charge in [0.15, 0.2) is 5.16 Å². The number of nitrogens with one attached hydrogen (secondary N) is 1. The Morgan fingerprint density at radius 2 is 1.88 bits per heavy atom. The molecule has 0 saturated carbocycles. The largest absolute Gasteiger partial charge is 0.325 e. The highest BCUT2D eigenvalue weighted by Crippen LogP contribution is 2.28. The summed E-state index contributed by atoms with van der Waals surface area (Å²) in [6, 6.07) is 20.8. The van der Waals surface area contributed by atoms with Gasteiger partial charge in [-0.3, -0.25) is 4.79 Å². The summed E-state index contributed by atoms with van der Waals surface area (Å²) in [4.78, 5) is 14.1. The minimum Gasteiger partial charge on any atom is -0.325 e. The number of carbonyl (C=O) groups excluding carboxylic acids is 1. The van der Waals surface area contributed by atoms with Crippen LogP contribution >= 0.6 is 23.1 Å². The number of hydrogen-bond acceptors (Lipinski definition) is 5. The van der Waals surface area contributed by atoms with Crippen molar-refractivity contribution in [3.8, 4) is 0 Å². The van der Waals surface area contributed by atoms with Crippen LogP contribution in [0.4, 0.5) is 5.69 Å². The number of rotatable bonds is 10. The SMILES string of the molecule is Cc1cccc(C(C)C)c1NC(=O)CSc1nnc(Cc2cccs2)n1CCc1ccccc1. The Balaban J connectivity index is 1.47. The second kappa shape index (κ2) is 11.5. The van der Waals surface area contributed by atoms with Crippen LogP contribution in [-0.2, 0) is 24.2 Å². The van der Waals surface area contributed by atoms with Crippen LogP contribution in [0.3, 0.4) is 0 Å². The fraction of sp³-hybridized carbons (Fsp3) is 0.296. The molecule has 0 bridgehead atoms. The molecule has 34 heavy (non-hydrogen) atoms. The average molecular weight is 491 g/mol. The molecule has 0 aliphatic rings. The van der Waals surface area contributed by atoms with E-state index in [1.54, 1.807) is 11.3 Å². The van der Waals surface area contributed by atoms with Gasteiger partial charge in [0.2, 0.25) is 5.91 Å². The molecule has 7 heteroatoms. The van der Waals surface area contributed by atoms with E-state index in [9.17, 15) is 4.79 Å². The van der Waals surface area contributed by atoms with Crippen molar-refractivity contribution in [3.05, 3.63) is 93.4 Å². The number of aromatic nitrogens is 3. The molecule has 4 aromatic rings. The van der Waals surface area contributed by atoms with Crippen LogP contribution in [0.2, 0.25) is 0 Å².